The van der Waals surface area contributed by atoms with E-state index in [1.807, 2.05) is 20.8 Å². The molecule has 0 heterocycles. The summed E-state index contributed by atoms with van der Waals surface area (Å²) in [6.45, 7) is 5.94. The molecule has 2 fully saturated rings. The van der Waals surface area contributed by atoms with Crippen LogP contribution < -0.4 is 10.6 Å². The van der Waals surface area contributed by atoms with Crippen molar-refractivity contribution in [2.75, 3.05) is 6.61 Å². The van der Waals surface area contributed by atoms with Crippen molar-refractivity contribution >= 4 is 6.09 Å². The van der Waals surface area contributed by atoms with Crippen molar-refractivity contribution in [1.82, 2.24) is 10.6 Å². The molecule has 5 nitrogen and oxygen atoms in total. The van der Waals surface area contributed by atoms with Gasteiger partial charge in [0.05, 0.1) is 0 Å². The Bertz CT molecular complexity index is 359. The molecule has 0 saturated heterocycles. The van der Waals surface area contributed by atoms with Crippen molar-refractivity contribution in [3.8, 4) is 0 Å². The van der Waals surface area contributed by atoms with Gasteiger partial charge in [-0.25, -0.2) is 4.79 Å². The van der Waals surface area contributed by atoms with Crippen LogP contribution >= 0.6 is 0 Å². The summed E-state index contributed by atoms with van der Waals surface area (Å²) in [5.74, 6) is 0.428. The quantitative estimate of drug-likeness (QED) is 0.746. The molecule has 0 aromatic heterocycles. The van der Waals surface area contributed by atoms with Crippen LogP contribution in [0.15, 0.2) is 0 Å². The maximum Gasteiger partial charge on any atom is 0.407 e. The van der Waals surface area contributed by atoms with Crippen LogP contribution in [-0.4, -0.2) is 41.5 Å². The lowest BCUT2D eigenvalue weighted by molar-refractivity contribution is 0.0488. The van der Waals surface area contributed by atoms with Crippen LogP contribution in [0, 0.1) is 5.92 Å². The van der Waals surface area contributed by atoms with Gasteiger partial charge < -0.3 is 20.5 Å². The Kier molecular flexibility index (Phi) is 6.09. The molecule has 2 atom stereocenters. The third-order valence-corrected chi connectivity index (χ3v) is 4.79. The predicted octanol–water partition coefficient (Wildman–Crippen LogP) is 2.57. The first-order valence-corrected chi connectivity index (χ1v) is 8.74. The molecule has 1 amide bonds. The fourth-order valence-electron chi connectivity index (χ4n) is 3.66. The topological polar surface area (TPSA) is 70.6 Å². The van der Waals surface area contributed by atoms with Crippen molar-refractivity contribution in [2.24, 2.45) is 5.92 Å². The van der Waals surface area contributed by atoms with Crippen molar-refractivity contribution in [3.63, 3.8) is 0 Å². The van der Waals surface area contributed by atoms with Crippen LogP contribution in [0.3, 0.4) is 0 Å². The Morgan fingerprint density at radius 1 is 1.09 bits per heavy atom. The Balaban J connectivity index is 1.68. The number of alkyl carbamates (subject to hydrolysis) is 1. The molecule has 0 aromatic carbocycles. The van der Waals surface area contributed by atoms with E-state index in [1.165, 1.54) is 12.8 Å². The third-order valence-electron chi connectivity index (χ3n) is 4.79. The second kappa shape index (κ2) is 7.64. The lowest BCUT2D eigenvalue weighted by Crippen LogP contribution is -2.47. The number of nitrogens with one attached hydrogen (secondary N) is 2. The van der Waals surface area contributed by atoms with Gasteiger partial charge in [0.15, 0.2) is 0 Å². The molecule has 2 unspecified atom stereocenters. The van der Waals surface area contributed by atoms with Crippen LogP contribution in [0.5, 0.6) is 0 Å². The summed E-state index contributed by atoms with van der Waals surface area (Å²) < 4.78 is 5.31. The Morgan fingerprint density at radius 2 is 1.73 bits per heavy atom. The molecule has 22 heavy (non-hydrogen) atoms. The van der Waals surface area contributed by atoms with Crippen LogP contribution in [0.4, 0.5) is 4.79 Å². The van der Waals surface area contributed by atoms with Crippen molar-refractivity contribution in [3.05, 3.63) is 0 Å². The van der Waals surface area contributed by atoms with Crippen molar-refractivity contribution < 1.29 is 14.6 Å². The van der Waals surface area contributed by atoms with E-state index in [-0.39, 0.29) is 12.1 Å². The van der Waals surface area contributed by atoms with E-state index in [0.29, 0.717) is 24.6 Å². The summed E-state index contributed by atoms with van der Waals surface area (Å²) in [4.78, 5) is 11.8. The first-order valence-electron chi connectivity index (χ1n) is 8.74. The number of rotatable bonds is 4. The molecule has 0 aliphatic heterocycles. The number of ether oxygens (including phenoxy) is 1. The first kappa shape index (κ1) is 17.5. The van der Waals surface area contributed by atoms with Crippen molar-refractivity contribution in [1.29, 1.82) is 0 Å². The average Bonchev–Trinajstić information content (AvgIpc) is 2.86. The van der Waals surface area contributed by atoms with Gasteiger partial charge in [0.25, 0.3) is 0 Å². The van der Waals surface area contributed by atoms with E-state index in [9.17, 15) is 9.90 Å². The zero-order valence-electron chi connectivity index (χ0n) is 14.2. The Labute approximate surface area is 134 Å². The molecule has 0 radical (unpaired) electrons. The second-order valence-electron chi connectivity index (χ2n) is 7.84. The molecular weight excluding hydrogens is 280 g/mol. The number of carbonyl (C=O) groups is 1. The fraction of sp³-hybridized carbons (Fsp3) is 0.941. The van der Waals surface area contributed by atoms with Gasteiger partial charge >= 0.3 is 6.09 Å². The molecule has 2 saturated carbocycles. The van der Waals surface area contributed by atoms with Gasteiger partial charge in [-0.15, -0.1) is 0 Å². The van der Waals surface area contributed by atoms with Gasteiger partial charge in [0.1, 0.15) is 5.60 Å². The van der Waals surface area contributed by atoms with E-state index in [0.717, 1.165) is 32.1 Å². The number of aliphatic hydroxyl groups excluding tert-OH is 1. The van der Waals surface area contributed by atoms with E-state index in [4.69, 9.17) is 4.74 Å². The molecule has 0 bridgehead atoms. The number of hydrogen-bond donors (Lipinski definition) is 3. The predicted molar refractivity (Wildman–Crippen MR) is 86.8 cm³/mol. The Hall–Kier alpha value is -0.810. The fourth-order valence-corrected chi connectivity index (χ4v) is 3.66. The molecular formula is C17H32N2O3. The van der Waals surface area contributed by atoms with Crippen molar-refractivity contribution in [2.45, 2.75) is 89.4 Å². The summed E-state index contributed by atoms with van der Waals surface area (Å²) in [5, 5.41) is 16.1. The van der Waals surface area contributed by atoms with Crippen LogP contribution in [0.25, 0.3) is 0 Å². The highest BCUT2D eigenvalue weighted by atomic mass is 16.6. The minimum absolute atomic E-state index is 0.227. The van der Waals surface area contributed by atoms with Gasteiger partial charge in [0, 0.05) is 24.7 Å². The number of aliphatic hydroxyl groups is 1. The van der Waals surface area contributed by atoms with Gasteiger partial charge in [-0.05, 0) is 65.2 Å². The highest BCUT2D eigenvalue weighted by Crippen LogP contribution is 2.28. The number of amides is 1. The molecule has 3 N–H and O–H groups in total. The highest BCUT2D eigenvalue weighted by molar-refractivity contribution is 5.68. The zero-order valence-corrected chi connectivity index (χ0v) is 14.2. The van der Waals surface area contributed by atoms with Crippen LogP contribution in [-0.2, 0) is 4.74 Å². The summed E-state index contributed by atoms with van der Waals surface area (Å²) in [5.41, 5.74) is -0.440. The van der Waals surface area contributed by atoms with Gasteiger partial charge in [-0.2, -0.15) is 0 Å². The molecule has 0 spiro atoms. The molecule has 0 aromatic rings. The third kappa shape index (κ3) is 5.43. The minimum Gasteiger partial charge on any atom is -0.444 e. The van der Waals surface area contributed by atoms with E-state index < -0.39 is 5.60 Å². The molecule has 2 aliphatic rings. The number of hydrogen-bond acceptors (Lipinski definition) is 4. The second-order valence-corrected chi connectivity index (χ2v) is 7.84. The summed E-state index contributed by atoms with van der Waals surface area (Å²) in [6.07, 6.45) is 7.38. The van der Waals surface area contributed by atoms with E-state index >= 15 is 0 Å². The van der Waals surface area contributed by atoms with Gasteiger partial charge in [-0.1, -0.05) is 6.42 Å². The van der Waals surface area contributed by atoms with E-state index in [1.54, 1.807) is 0 Å². The van der Waals surface area contributed by atoms with Crippen LogP contribution in [0.1, 0.15) is 65.7 Å². The molecule has 128 valence electrons. The molecule has 2 aliphatic carbocycles. The smallest absolute Gasteiger partial charge is 0.407 e. The van der Waals surface area contributed by atoms with E-state index in [2.05, 4.69) is 10.6 Å². The zero-order chi connectivity index (χ0) is 16.2. The lowest BCUT2D eigenvalue weighted by Gasteiger charge is -2.33. The average molecular weight is 312 g/mol. The molecule has 5 heteroatoms. The molecule has 2 rings (SSSR count). The summed E-state index contributed by atoms with van der Waals surface area (Å²) in [6, 6.07) is 1.23. The summed E-state index contributed by atoms with van der Waals surface area (Å²) >= 11 is 0. The maximum atomic E-state index is 11.8. The Morgan fingerprint density at radius 3 is 2.32 bits per heavy atom. The normalized spacial score (nSPS) is 32.7. The standard InChI is InChI=1S/C17H32N2O3/c1-17(2,3)22-16(21)19-14-9-7-13(8-10-14)18-15-6-4-5-12(15)11-20/h12-15,18,20H,4-11H2,1-3H3,(H,19,21). The maximum absolute atomic E-state index is 11.8. The first-order chi connectivity index (χ1) is 10.4. The lowest BCUT2D eigenvalue weighted by atomic mass is 9.90. The van der Waals surface area contributed by atoms with Gasteiger partial charge in [0.2, 0.25) is 0 Å². The highest BCUT2D eigenvalue weighted by Gasteiger charge is 2.30. The monoisotopic (exact) mass is 312 g/mol. The SMILES string of the molecule is CC(C)(C)OC(=O)NC1CCC(NC2CCCC2CO)CC1. The largest absolute Gasteiger partial charge is 0.444 e. The summed E-state index contributed by atoms with van der Waals surface area (Å²) in [7, 11) is 0. The van der Waals surface area contributed by atoms with Gasteiger partial charge in [-0.3, -0.25) is 0 Å². The minimum atomic E-state index is -0.440. The van der Waals surface area contributed by atoms with Crippen LogP contribution in [0.2, 0.25) is 0 Å². The number of carbonyl (C=O) groups excluding carboxylic acids is 1.